The van der Waals surface area contributed by atoms with Crippen LogP contribution in [0.5, 0.6) is 0 Å². The van der Waals surface area contributed by atoms with Crippen molar-refractivity contribution in [1.29, 1.82) is 0 Å². The summed E-state index contributed by atoms with van der Waals surface area (Å²) < 4.78 is 0. The highest BCUT2D eigenvalue weighted by molar-refractivity contribution is 6.21. The molecule has 2 amide bonds. The van der Waals surface area contributed by atoms with Gasteiger partial charge in [-0.05, 0) is 22.9 Å². The van der Waals surface area contributed by atoms with Crippen LogP contribution in [0.15, 0.2) is 48.5 Å². The molecule has 0 saturated carbocycles. The molecule has 7 heteroatoms. The maximum absolute atomic E-state index is 12.4. The van der Waals surface area contributed by atoms with E-state index in [0.29, 0.717) is 17.0 Å². The van der Waals surface area contributed by atoms with Gasteiger partial charge in [0.2, 0.25) is 5.82 Å². The average molecular weight is 319 g/mol. The molecule has 1 aliphatic rings. The molecule has 7 nitrogen and oxygen atoms in total. The van der Waals surface area contributed by atoms with Crippen molar-refractivity contribution in [3.8, 4) is 11.4 Å². The largest absolute Gasteiger partial charge is 0.270 e. The summed E-state index contributed by atoms with van der Waals surface area (Å²) in [5.41, 5.74) is 2.61. The van der Waals surface area contributed by atoms with Gasteiger partial charge in [0.1, 0.15) is 0 Å². The van der Waals surface area contributed by atoms with Gasteiger partial charge in [0, 0.05) is 5.56 Å². The number of aromatic nitrogens is 4. The number of carbonyl (C=O) groups excluding carboxylic acids is 2. The van der Waals surface area contributed by atoms with Gasteiger partial charge in [-0.2, -0.15) is 4.80 Å². The van der Waals surface area contributed by atoms with Crippen LogP contribution < -0.4 is 0 Å². The lowest BCUT2D eigenvalue weighted by Crippen LogP contribution is -2.29. The van der Waals surface area contributed by atoms with Crippen molar-refractivity contribution in [2.75, 3.05) is 0 Å². The second-order valence-electron chi connectivity index (χ2n) is 5.54. The van der Waals surface area contributed by atoms with E-state index < -0.39 is 0 Å². The van der Waals surface area contributed by atoms with Crippen LogP contribution in [0, 0.1) is 0 Å². The van der Waals surface area contributed by atoms with Crippen molar-refractivity contribution < 1.29 is 9.59 Å². The van der Waals surface area contributed by atoms with Crippen molar-refractivity contribution in [3.63, 3.8) is 0 Å². The summed E-state index contributed by atoms with van der Waals surface area (Å²) >= 11 is 0. The molecule has 1 aliphatic heterocycles. The molecular weight excluding hydrogens is 306 g/mol. The number of amides is 2. The monoisotopic (exact) mass is 319 g/mol. The van der Waals surface area contributed by atoms with Crippen LogP contribution in [0.3, 0.4) is 0 Å². The van der Waals surface area contributed by atoms with Gasteiger partial charge in [0.25, 0.3) is 11.8 Å². The van der Waals surface area contributed by atoms with Gasteiger partial charge in [0.05, 0.1) is 24.7 Å². The lowest BCUT2D eigenvalue weighted by atomic mass is 10.1. The number of hydrogen-bond donors (Lipinski definition) is 0. The third kappa shape index (κ3) is 2.26. The van der Waals surface area contributed by atoms with Gasteiger partial charge >= 0.3 is 0 Å². The number of hydrogen-bond acceptors (Lipinski definition) is 5. The van der Waals surface area contributed by atoms with Crippen molar-refractivity contribution in [3.05, 3.63) is 65.2 Å². The molecule has 0 bridgehead atoms. The molecule has 24 heavy (non-hydrogen) atoms. The Morgan fingerprint density at radius 2 is 1.54 bits per heavy atom. The maximum Gasteiger partial charge on any atom is 0.261 e. The normalized spacial score (nSPS) is 13.5. The summed E-state index contributed by atoms with van der Waals surface area (Å²) in [6.45, 7) is 0.237. The van der Waals surface area contributed by atoms with Crippen molar-refractivity contribution in [1.82, 2.24) is 25.1 Å². The zero-order valence-electron chi connectivity index (χ0n) is 12.9. The summed E-state index contributed by atoms with van der Waals surface area (Å²) in [5, 5.41) is 11.9. The fourth-order valence-electron chi connectivity index (χ4n) is 2.72. The van der Waals surface area contributed by atoms with Gasteiger partial charge in [-0.1, -0.05) is 36.4 Å². The first-order valence-electron chi connectivity index (χ1n) is 7.42. The first-order chi connectivity index (χ1) is 11.6. The summed E-state index contributed by atoms with van der Waals surface area (Å²) in [4.78, 5) is 27.4. The molecule has 3 aromatic rings. The third-order valence-corrected chi connectivity index (χ3v) is 3.94. The highest BCUT2D eigenvalue weighted by Crippen LogP contribution is 2.24. The Bertz CT molecular complexity index is 911. The highest BCUT2D eigenvalue weighted by Gasteiger charge is 2.34. The van der Waals surface area contributed by atoms with E-state index in [-0.39, 0.29) is 18.4 Å². The van der Waals surface area contributed by atoms with E-state index in [4.69, 9.17) is 0 Å². The molecule has 4 rings (SSSR count). The van der Waals surface area contributed by atoms with E-state index >= 15 is 0 Å². The second-order valence-corrected chi connectivity index (χ2v) is 5.54. The third-order valence-electron chi connectivity index (χ3n) is 3.94. The molecule has 0 saturated heterocycles. The molecule has 118 valence electrons. The number of aryl methyl sites for hydroxylation is 1. The van der Waals surface area contributed by atoms with E-state index in [9.17, 15) is 9.59 Å². The fraction of sp³-hybridized carbons (Fsp3) is 0.118. The Hall–Kier alpha value is -3.35. The van der Waals surface area contributed by atoms with Gasteiger partial charge < -0.3 is 0 Å². The van der Waals surface area contributed by atoms with Crippen LogP contribution in [0.1, 0.15) is 26.3 Å². The summed E-state index contributed by atoms with van der Waals surface area (Å²) in [6, 6.07) is 14.3. The SMILES string of the molecule is Cn1nnc(-c2ccc(CN3C(=O)c4ccccc4C3=O)cc2)n1. The van der Waals surface area contributed by atoms with Crippen LogP contribution in [-0.2, 0) is 13.6 Å². The van der Waals surface area contributed by atoms with E-state index in [1.165, 1.54) is 9.70 Å². The smallest absolute Gasteiger partial charge is 0.261 e. The number of imide groups is 1. The van der Waals surface area contributed by atoms with Crippen LogP contribution in [0.2, 0.25) is 0 Å². The molecule has 0 fully saturated rings. The predicted octanol–water partition coefficient (Wildman–Crippen LogP) is 1.67. The fourth-order valence-corrected chi connectivity index (χ4v) is 2.72. The predicted molar refractivity (Wildman–Crippen MR) is 84.9 cm³/mol. The first kappa shape index (κ1) is 14.3. The van der Waals surface area contributed by atoms with E-state index in [0.717, 1.165) is 11.1 Å². The van der Waals surface area contributed by atoms with Crippen LogP contribution >= 0.6 is 0 Å². The molecule has 0 radical (unpaired) electrons. The Balaban J connectivity index is 1.56. The minimum Gasteiger partial charge on any atom is -0.270 e. The van der Waals surface area contributed by atoms with Gasteiger partial charge in [0.15, 0.2) is 0 Å². The maximum atomic E-state index is 12.4. The van der Waals surface area contributed by atoms with Crippen LogP contribution in [0.4, 0.5) is 0 Å². The van der Waals surface area contributed by atoms with Gasteiger partial charge in [-0.15, -0.1) is 10.2 Å². The number of benzene rings is 2. The summed E-state index contributed by atoms with van der Waals surface area (Å²) in [7, 11) is 1.70. The first-order valence-corrected chi connectivity index (χ1v) is 7.42. The Kier molecular flexibility index (Phi) is 3.19. The second kappa shape index (κ2) is 5.38. The topological polar surface area (TPSA) is 81.0 Å². The molecular formula is C17H13N5O2. The molecule has 0 aliphatic carbocycles. The zero-order valence-corrected chi connectivity index (χ0v) is 12.9. The Labute approximate surface area is 137 Å². The van der Waals surface area contributed by atoms with Crippen LogP contribution in [-0.4, -0.2) is 36.9 Å². The minimum atomic E-state index is -0.254. The number of fused-ring (bicyclic) bond motifs is 1. The Morgan fingerprint density at radius 1 is 0.917 bits per heavy atom. The average Bonchev–Trinajstić information content (AvgIpc) is 3.14. The van der Waals surface area contributed by atoms with E-state index in [1.54, 1.807) is 31.3 Å². The van der Waals surface area contributed by atoms with Gasteiger partial charge in [-0.3, -0.25) is 14.5 Å². The minimum absolute atomic E-state index is 0.237. The molecule has 0 N–H and O–H groups in total. The standard InChI is InChI=1S/C17H13N5O2/c1-21-19-15(18-20-21)12-8-6-11(7-9-12)10-22-16(23)13-4-2-3-5-14(13)17(22)24/h2-9H,10H2,1H3. The summed E-state index contributed by atoms with van der Waals surface area (Å²) in [6.07, 6.45) is 0. The van der Waals surface area contributed by atoms with E-state index in [1.807, 2.05) is 24.3 Å². The molecule has 1 aromatic heterocycles. The number of tetrazole rings is 1. The molecule has 0 spiro atoms. The lowest BCUT2D eigenvalue weighted by molar-refractivity contribution is 0.0642. The number of rotatable bonds is 3. The van der Waals surface area contributed by atoms with Crippen molar-refractivity contribution >= 4 is 11.8 Å². The van der Waals surface area contributed by atoms with Crippen LogP contribution in [0.25, 0.3) is 11.4 Å². The number of carbonyl (C=O) groups is 2. The zero-order chi connectivity index (χ0) is 16.7. The summed E-state index contributed by atoms with van der Waals surface area (Å²) in [5.74, 6) is 0.0234. The van der Waals surface area contributed by atoms with Gasteiger partial charge in [-0.25, -0.2) is 0 Å². The number of nitrogens with zero attached hydrogens (tertiary/aromatic N) is 5. The molecule has 0 unspecified atom stereocenters. The molecule has 2 heterocycles. The van der Waals surface area contributed by atoms with Crippen molar-refractivity contribution in [2.45, 2.75) is 6.54 Å². The van der Waals surface area contributed by atoms with E-state index in [2.05, 4.69) is 15.4 Å². The highest BCUT2D eigenvalue weighted by atomic mass is 16.2. The van der Waals surface area contributed by atoms with Crippen molar-refractivity contribution in [2.24, 2.45) is 7.05 Å². The lowest BCUT2D eigenvalue weighted by Gasteiger charge is -2.13. The molecule has 2 aromatic carbocycles. The molecule has 0 atom stereocenters. The quantitative estimate of drug-likeness (QED) is 0.686. The Morgan fingerprint density at radius 3 is 2.08 bits per heavy atom.